The summed E-state index contributed by atoms with van der Waals surface area (Å²) in [5.41, 5.74) is -0.661. The summed E-state index contributed by atoms with van der Waals surface area (Å²) < 4.78 is 13.1. The average molecular weight is 179 g/mol. The zero-order chi connectivity index (χ0) is 9.42. The zero-order valence-electron chi connectivity index (χ0n) is 6.57. The van der Waals surface area contributed by atoms with Gasteiger partial charge in [-0.15, -0.1) is 4.79 Å². The van der Waals surface area contributed by atoms with E-state index in [1.54, 1.807) is 0 Å². The number of aromatic nitrogens is 1. The quantitative estimate of drug-likeness (QED) is 0.664. The van der Waals surface area contributed by atoms with Gasteiger partial charge in [-0.25, -0.2) is 0 Å². The van der Waals surface area contributed by atoms with Crippen molar-refractivity contribution < 1.29 is 9.59 Å². The molecule has 0 saturated carbocycles. The van der Waals surface area contributed by atoms with Gasteiger partial charge in [-0.05, 0) is 18.2 Å². The summed E-state index contributed by atoms with van der Waals surface area (Å²) in [6, 6.07) is 6.81. The van der Waals surface area contributed by atoms with Crippen LogP contribution in [0.4, 0.5) is 4.48 Å². The van der Waals surface area contributed by atoms with Crippen molar-refractivity contribution in [2.24, 2.45) is 0 Å². The number of hydrogen-bond donors (Lipinski definition) is 1. The second-order valence-corrected chi connectivity index (χ2v) is 2.66. The monoisotopic (exact) mass is 179 g/mol. The average Bonchev–Trinajstić information content (AvgIpc) is 2.12. The summed E-state index contributed by atoms with van der Waals surface area (Å²) in [5.74, 6) is -0.0381. The molecule has 66 valence electrons. The van der Waals surface area contributed by atoms with Crippen LogP contribution in [0.25, 0.3) is 10.9 Å². The third-order valence-corrected chi connectivity index (χ3v) is 1.86. The first-order chi connectivity index (χ1) is 6.20. The Bertz CT molecular complexity index is 518. The highest BCUT2D eigenvalue weighted by Gasteiger charge is 2.04. The second-order valence-electron chi connectivity index (χ2n) is 2.66. The molecule has 3 nitrogen and oxygen atoms in total. The predicted molar refractivity (Wildman–Crippen MR) is 46.4 cm³/mol. The van der Waals surface area contributed by atoms with Crippen LogP contribution in [0.15, 0.2) is 35.1 Å². The first kappa shape index (κ1) is 7.79. The molecule has 1 aromatic carbocycles. The third-order valence-electron chi connectivity index (χ3n) is 1.86. The maximum absolute atomic E-state index is 13.1. The molecule has 0 bridgehead atoms. The number of rotatable bonds is 0. The SMILES string of the molecule is O=c1ccc2c(O)cccc2n1F. The van der Waals surface area contributed by atoms with Gasteiger partial charge in [-0.1, -0.05) is 10.5 Å². The molecule has 0 saturated heterocycles. The molecule has 13 heavy (non-hydrogen) atoms. The zero-order valence-corrected chi connectivity index (χ0v) is 6.57. The van der Waals surface area contributed by atoms with Crippen molar-refractivity contribution in [3.05, 3.63) is 40.7 Å². The summed E-state index contributed by atoms with van der Waals surface area (Å²) in [7, 11) is 0. The minimum Gasteiger partial charge on any atom is -0.507 e. The van der Waals surface area contributed by atoms with Gasteiger partial charge in [0.2, 0.25) is 0 Å². The summed E-state index contributed by atoms with van der Waals surface area (Å²) in [4.78, 5) is 10.9. The van der Waals surface area contributed by atoms with Crippen molar-refractivity contribution in [2.75, 3.05) is 0 Å². The van der Waals surface area contributed by atoms with Crippen molar-refractivity contribution in [3.63, 3.8) is 0 Å². The first-order valence-electron chi connectivity index (χ1n) is 3.70. The predicted octanol–water partition coefficient (Wildman–Crippen LogP) is 1.44. The van der Waals surface area contributed by atoms with Crippen molar-refractivity contribution in [2.45, 2.75) is 0 Å². The highest BCUT2D eigenvalue weighted by Crippen LogP contribution is 2.22. The number of nitrogens with zero attached hydrogens (tertiary/aromatic N) is 1. The number of fused-ring (bicyclic) bond motifs is 1. The molecule has 0 aliphatic carbocycles. The van der Waals surface area contributed by atoms with E-state index >= 15 is 0 Å². The molecular weight excluding hydrogens is 173 g/mol. The maximum Gasteiger partial charge on any atom is 0.279 e. The Morgan fingerprint density at radius 2 is 2.00 bits per heavy atom. The van der Waals surface area contributed by atoms with Gasteiger partial charge in [-0.3, -0.25) is 4.79 Å². The van der Waals surface area contributed by atoms with Crippen LogP contribution in [-0.4, -0.2) is 9.90 Å². The molecule has 0 atom stereocenters. The molecule has 2 aromatic rings. The summed E-state index contributed by atoms with van der Waals surface area (Å²) in [6.07, 6.45) is 0. The molecule has 0 aliphatic heterocycles. The molecule has 0 unspecified atom stereocenters. The third kappa shape index (κ3) is 1.07. The number of hydrogen-bond acceptors (Lipinski definition) is 2. The summed E-state index contributed by atoms with van der Waals surface area (Å²) in [5, 5.41) is 9.63. The van der Waals surface area contributed by atoms with Gasteiger partial charge in [0, 0.05) is 11.5 Å². The lowest BCUT2D eigenvalue weighted by atomic mass is 10.2. The van der Waals surface area contributed by atoms with Crippen molar-refractivity contribution in [1.82, 2.24) is 4.79 Å². The Morgan fingerprint density at radius 3 is 2.77 bits per heavy atom. The van der Waals surface area contributed by atoms with Crippen LogP contribution < -0.4 is 5.56 Å². The fourth-order valence-corrected chi connectivity index (χ4v) is 1.22. The van der Waals surface area contributed by atoms with Gasteiger partial charge < -0.3 is 5.11 Å². The lowest BCUT2D eigenvalue weighted by Gasteiger charge is -2.01. The highest BCUT2D eigenvalue weighted by atomic mass is 19.2. The Balaban J connectivity index is 3.03. The van der Waals surface area contributed by atoms with E-state index in [2.05, 4.69) is 0 Å². The van der Waals surface area contributed by atoms with E-state index in [9.17, 15) is 14.4 Å². The van der Waals surface area contributed by atoms with E-state index in [1.165, 1.54) is 24.3 Å². The van der Waals surface area contributed by atoms with E-state index in [0.29, 0.717) is 5.39 Å². The molecule has 0 spiro atoms. The van der Waals surface area contributed by atoms with Crippen LogP contribution in [0.1, 0.15) is 0 Å². The van der Waals surface area contributed by atoms with Gasteiger partial charge in [0.15, 0.2) is 0 Å². The fraction of sp³-hybridized carbons (Fsp3) is 0. The van der Waals surface area contributed by atoms with Crippen LogP contribution in [-0.2, 0) is 0 Å². The molecule has 1 N–H and O–H groups in total. The Morgan fingerprint density at radius 1 is 1.23 bits per heavy atom. The number of pyridine rings is 1. The number of phenolic OH excluding ortho intramolecular Hbond substituents is 1. The summed E-state index contributed by atoms with van der Waals surface area (Å²) >= 11 is 0. The highest BCUT2D eigenvalue weighted by molar-refractivity contribution is 5.84. The number of phenols is 1. The van der Waals surface area contributed by atoms with Gasteiger partial charge in [0.25, 0.3) is 5.56 Å². The summed E-state index contributed by atoms with van der Waals surface area (Å²) in [6.45, 7) is 0. The van der Waals surface area contributed by atoms with E-state index < -0.39 is 5.56 Å². The van der Waals surface area contributed by atoms with Crippen LogP contribution in [0.2, 0.25) is 0 Å². The van der Waals surface area contributed by atoms with Gasteiger partial charge >= 0.3 is 0 Å². The first-order valence-corrected chi connectivity index (χ1v) is 3.70. The lowest BCUT2D eigenvalue weighted by molar-refractivity contribution is 0.370. The molecule has 0 aliphatic rings. The van der Waals surface area contributed by atoms with Crippen LogP contribution in [0.5, 0.6) is 5.75 Å². The largest absolute Gasteiger partial charge is 0.507 e. The van der Waals surface area contributed by atoms with Crippen LogP contribution in [0.3, 0.4) is 0 Å². The normalized spacial score (nSPS) is 10.5. The number of aromatic hydroxyl groups is 1. The second kappa shape index (κ2) is 2.58. The van der Waals surface area contributed by atoms with Crippen molar-refractivity contribution >= 4 is 10.9 Å². The standard InChI is InChI=1S/C9H6FNO2/c10-11-7-2-1-3-8(12)6(7)4-5-9(11)13/h1-5,12H. The Kier molecular flexibility index (Phi) is 1.55. The molecular formula is C9H6FNO2. The minimum atomic E-state index is -0.738. The van der Waals surface area contributed by atoms with E-state index in [4.69, 9.17) is 0 Å². The van der Waals surface area contributed by atoms with Crippen LogP contribution >= 0.6 is 0 Å². The molecule has 1 heterocycles. The Hall–Kier alpha value is -1.84. The van der Waals surface area contributed by atoms with Crippen molar-refractivity contribution in [1.29, 1.82) is 0 Å². The van der Waals surface area contributed by atoms with E-state index in [1.807, 2.05) is 0 Å². The van der Waals surface area contributed by atoms with Gasteiger partial charge in [0.05, 0.1) is 5.52 Å². The smallest absolute Gasteiger partial charge is 0.279 e. The molecule has 4 heteroatoms. The van der Waals surface area contributed by atoms with E-state index in [-0.39, 0.29) is 16.1 Å². The van der Waals surface area contributed by atoms with Gasteiger partial charge in [-0.2, -0.15) is 0 Å². The van der Waals surface area contributed by atoms with Crippen LogP contribution in [0, 0.1) is 0 Å². The molecule has 0 radical (unpaired) electrons. The molecule has 0 fully saturated rings. The fourth-order valence-electron chi connectivity index (χ4n) is 1.22. The molecule has 1 aromatic heterocycles. The number of benzene rings is 1. The Labute approximate surface area is 72.6 Å². The van der Waals surface area contributed by atoms with Crippen molar-refractivity contribution in [3.8, 4) is 5.75 Å². The minimum absolute atomic E-state index is 0.00898. The topological polar surface area (TPSA) is 42.2 Å². The maximum atomic E-state index is 13.1. The van der Waals surface area contributed by atoms with Gasteiger partial charge in [0.1, 0.15) is 5.75 Å². The lowest BCUT2D eigenvalue weighted by Crippen LogP contribution is -2.11. The molecule has 0 amide bonds. The van der Waals surface area contributed by atoms with E-state index in [0.717, 1.165) is 6.07 Å². The molecule has 2 rings (SSSR count). The number of halogens is 1.